The molecule has 0 aromatic carbocycles. The Morgan fingerprint density at radius 1 is 0.424 bits per heavy atom. The van der Waals surface area contributed by atoms with E-state index in [9.17, 15) is 19.0 Å². The van der Waals surface area contributed by atoms with Crippen molar-refractivity contribution in [2.75, 3.05) is 40.9 Å². The van der Waals surface area contributed by atoms with Crippen LogP contribution in [-0.2, 0) is 27.9 Å². The molecule has 0 aliphatic carbocycles. The summed E-state index contributed by atoms with van der Waals surface area (Å²) in [4.78, 5) is 40.2. The van der Waals surface area contributed by atoms with Crippen LogP contribution in [0.15, 0.2) is 72.9 Å². The Labute approximate surface area is 527 Å². The maximum Gasteiger partial charge on any atom is 0.306 e. The van der Waals surface area contributed by atoms with Crippen LogP contribution < -0.4 is 10.2 Å². The second kappa shape index (κ2) is 64.4. The van der Waals surface area contributed by atoms with Crippen molar-refractivity contribution in [2.24, 2.45) is 0 Å². The molecular weight excluding hydrogens is 1070 g/mol. The quantitative estimate of drug-likeness (QED) is 0.0212. The number of nitrogens with one attached hydrogen (secondary N) is 1. The molecule has 0 saturated heterocycles. The van der Waals surface area contributed by atoms with E-state index in [1.54, 1.807) is 0 Å². The summed E-state index contributed by atoms with van der Waals surface area (Å²) in [5.41, 5.74) is 0. The average Bonchev–Trinajstić information content (AvgIpc) is 3.52. The number of esters is 1. The third-order valence-electron chi connectivity index (χ3n) is 16.2. The number of ether oxygens (including phenoxy) is 1. The lowest BCUT2D eigenvalue weighted by atomic mass is 10.0. The van der Waals surface area contributed by atoms with Crippen molar-refractivity contribution in [1.29, 1.82) is 0 Å². The second-order valence-electron chi connectivity index (χ2n) is 25.7. The highest BCUT2D eigenvalue weighted by Gasteiger charge is 2.27. The van der Waals surface area contributed by atoms with Gasteiger partial charge in [0.25, 0.3) is 7.82 Å². The van der Waals surface area contributed by atoms with Gasteiger partial charge in [-0.3, -0.25) is 14.2 Å². The van der Waals surface area contributed by atoms with Gasteiger partial charge in [0.1, 0.15) is 19.3 Å². The lowest BCUT2D eigenvalue weighted by Gasteiger charge is -2.30. The van der Waals surface area contributed by atoms with Gasteiger partial charge in [-0.15, -0.1) is 0 Å². The zero-order valence-electron chi connectivity index (χ0n) is 56.8. The molecule has 3 atom stereocenters. The number of carbonyl (C=O) groups excluding carboxylic acids is 2. The first-order chi connectivity index (χ1) is 41.4. The minimum Gasteiger partial charge on any atom is -0.756 e. The van der Waals surface area contributed by atoms with Crippen LogP contribution in [0.4, 0.5) is 0 Å². The molecule has 496 valence electrons. The Kier molecular flexibility index (Phi) is 62.5. The molecular formula is C75H139N2O7P. The van der Waals surface area contributed by atoms with Crippen molar-refractivity contribution in [3.63, 3.8) is 0 Å². The number of allylic oxidation sites excluding steroid dienone is 11. The molecule has 0 fully saturated rings. The molecule has 0 bridgehead atoms. The van der Waals surface area contributed by atoms with Gasteiger partial charge in [0.2, 0.25) is 5.91 Å². The topological polar surface area (TPSA) is 114 Å². The van der Waals surface area contributed by atoms with E-state index in [1.807, 2.05) is 33.3 Å². The summed E-state index contributed by atoms with van der Waals surface area (Å²) in [7, 11) is 1.18. The average molecular weight is 1210 g/mol. The fraction of sp³-hybridized carbons (Fsp3) is 0.813. The van der Waals surface area contributed by atoms with Crippen molar-refractivity contribution in [2.45, 2.75) is 354 Å². The molecule has 0 aromatic heterocycles. The minimum atomic E-state index is -4.71. The zero-order chi connectivity index (χ0) is 62.1. The fourth-order valence-corrected chi connectivity index (χ4v) is 11.3. The summed E-state index contributed by atoms with van der Waals surface area (Å²) in [5.74, 6) is -0.540. The van der Waals surface area contributed by atoms with Crippen molar-refractivity contribution in [3.8, 4) is 0 Å². The third kappa shape index (κ3) is 65.7. The Hall–Kier alpha value is -2.55. The highest BCUT2D eigenvalue weighted by molar-refractivity contribution is 7.45. The van der Waals surface area contributed by atoms with E-state index >= 15 is 0 Å². The number of nitrogens with zero attached hydrogens (tertiary/aromatic N) is 1. The highest BCUT2D eigenvalue weighted by Crippen LogP contribution is 2.38. The van der Waals surface area contributed by atoms with Gasteiger partial charge in [-0.25, -0.2) is 0 Å². The number of rotatable bonds is 66. The number of hydrogen-bond donors (Lipinski definition) is 1. The van der Waals surface area contributed by atoms with Crippen molar-refractivity contribution < 1.29 is 37.3 Å². The molecule has 10 heteroatoms. The number of phosphoric acid groups is 1. The lowest BCUT2D eigenvalue weighted by molar-refractivity contribution is -0.870. The first kappa shape index (κ1) is 82.5. The number of quaternary nitrogens is 1. The maximum atomic E-state index is 13.6. The molecule has 0 saturated carbocycles. The number of phosphoric ester groups is 1. The van der Waals surface area contributed by atoms with Gasteiger partial charge < -0.3 is 28.5 Å². The highest BCUT2D eigenvalue weighted by atomic mass is 31.2. The Balaban J connectivity index is 5.10. The van der Waals surface area contributed by atoms with E-state index in [1.165, 1.54) is 205 Å². The fourth-order valence-electron chi connectivity index (χ4n) is 10.6. The number of hydrogen-bond acceptors (Lipinski definition) is 7. The van der Waals surface area contributed by atoms with Gasteiger partial charge in [0.15, 0.2) is 0 Å². The first-order valence-corrected chi connectivity index (χ1v) is 37.7. The normalized spacial score (nSPS) is 13.9. The molecule has 0 aliphatic heterocycles. The number of carbonyl (C=O) groups is 2. The van der Waals surface area contributed by atoms with E-state index < -0.39 is 26.6 Å². The molecule has 0 aromatic rings. The van der Waals surface area contributed by atoms with Crippen LogP contribution in [0.5, 0.6) is 0 Å². The Morgan fingerprint density at radius 2 is 0.753 bits per heavy atom. The summed E-state index contributed by atoms with van der Waals surface area (Å²) in [6.07, 6.45) is 84.5. The summed E-state index contributed by atoms with van der Waals surface area (Å²) >= 11 is 0. The molecule has 0 aliphatic rings. The SMILES string of the molecule is CC/C=C\C/C=C\C/C=C\C/C=C\C/C=C\CCCCCCCCCC(=O)NC(COP(=O)([O-])OCC[N+](C)(C)C)C(/C=C/CCCCCCCCCCCCC)OC(=O)CCCCCCCCCCCCCCCCCCCCCCCCC. The van der Waals surface area contributed by atoms with Gasteiger partial charge in [-0.05, 0) is 76.7 Å². The second-order valence-corrected chi connectivity index (χ2v) is 27.1. The predicted octanol–water partition coefficient (Wildman–Crippen LogP) is 22.5. The predicted molar refractivity (Wildman–Crippen MR) is 367 cm³/mol. The van der Waals surface area contributed by atoms with Crippen LogP contribution in [-0.4, -0.2) is 69.4 Å². The molecule has 0 heterocycles. The summed E-state index contributed by atoms with van der Waals surface area (Å²) in [5, 5.41) is 3.04. The molecule has 1 N–H and O–H groups in total. The molecule has 3 unspecified atom stereocenters. The van der Waals surface area contributed by atoms with Gasteiger partial charge >= 0.3 is 5.97 Å². The molecule has 0 radical (unpaired) electrons. The van der Waals surface area contributed by atoms with Crippen LogP contribution in [0.2, 0.25) is 0 Å². The van der Waals surface area contributed by atoms with E-state index in [0.29, 0.717) is 17.4 Å². The van der Waals surface area contributed by atoms with Crippen LogP contribution in [0.25, 0.3) is 0 Å². The van der Waals surface area contributed by atoms with Gasteiger partial charge in [-0.1, -0.05) is 325 Å². The zero-order valence-corrected chi connectivity index (χ0v) is 57.7. The smallest absolute Gasteiger partial charge is 0.306 e. The van der Waals surface area contributed by atoms with E-state index in [4.69, 9.17) is 13.8 Å². The van der Waals surface area contributed by atoms with E-state index in [2.05, 4.69) is 86.8 Å². The first-order valence-electron chi connectivity index (χ1n) is 36.2. The molecule has 85 heavy (non-hydrogen) atoms. The van der Waals surface area contributed by atoms with Crippen LogP contribution in [0.3, 0.4) is 0 Å². The standard InChI is InChI=1S/C75H139N2O7P/c1-7-10-13-16-19-22-25-28-30-32-34-36-38-40-42-44-46-49-52-55-58-61-64-67-74(78)76-72(71-83-85(80,81)82-70-69-77(4,5)6)73(66-63-60-57-54-51-48-27-24-21-18-15-12-9-3)84-75(79)68-65-62-59-56-53-50-47-45-43-41-39-37-35-33-31-29-26-23-20-17-14-11-8-2/h10,13,19,22,28,30,34,36,40,42,63,66,72-73H,7-9,11-12,14-18,20-21,23-27,29,31-33,35,37-39,41,43-62,64-65,67-71H2,1-6H3,(H-,76,78,80,81)/b13-10-,22-19-,30-28-,36-34-,42-40-,66-63+. The van der Waals surface area contributed by atoms with Crippen molar-refractivity contribution in [1.82, 2.24) is 5.32 Å². The molecule has 0 rings (SSSR count). The molecule has 0 spiro atoms. The van der Waals surface area contributed by atoms with Crippen molar-refractivity contribution in [3.05, 3.63) is 72.9 Å². The Bertz CT molecular complexity index is 1680. The maximum absolute atomic E-state index is 13.6. The minimum absolute atomic E-state index is 0.0254. The van der Waals surface area contributed by atoms with Crippen LogP contribution in [0.1, 0.15) is 342 Å². The molecule has 1 amide bonds. The number of unbranched alkanes of at least 4 members (excludes halogenated alkanes) is 40. The third-order valence-corrected chi connectivity index (χ3v) is 17.1. The van der Waals surface area contributed by atoms with Crippen LogP contribution in [0, 0.1) is 0 Å². The van der Waals surface area contributed by atoms with E-state index in [-0.39, 0.29) is 24.9 Å². The number of likely N-dealkylation sites (N-methyl/N-ethyl adjacent to an activating group) is 1. The summed E-state index contributed by atoms with van der Waals surface area (Å²) in [6.45, 7) is 6.77. The monoisotopic (exact) mass is 1210 g/mol. The van der Waals surface area contributed by atoms with E-state index in [0.717, 1.165) is 103 Å². The van der Waals surface area contributed by atoms with Crippen molar-refractivity contribution >= 4 is 19.7 Å². The summed E-state index contributed by atoms with van der Waals surface area (Å²) in [6, 6.07) is -0.897. The Morgan fingerprint density at radius 3 is 1.13 bits per heavy atom. The lowest BCUT2D eigenvalue weighted by Crippen LogP contribution is -2.47. The van der Waals surface area contributed by atoms with Gasteiger partial charge in [0.05, 0.1) is 33.8 Å². The van der Waals surface area contributed by atoms with Gasteiger partial charge in [-0.2, -0.15) is 0 Å². The largest absolute Gasteiger partial charge is 0.756 e. The molecule has 9 nitrogen and oxygen atoms in total. The van der Waals surface area contributed by atoms with Gasteiger partial charge in [0, 0.05) is 12.8 Å². The summed E-state index contributed by atoms with van der Waals surface area (Å²) < 4.78 is 30.5. The van der Waals surface area contributed by atoms with Crippen LogP contribution >= 0.6 is 7.82 Å². The number of amides is 1.